The number of hydrogen-bond donors (Lipinski definition) is 3. The van der Waals surface area contributed by atoms with Crippen molar-refractivity contribution in [2.45, 2.75) is 56.7 Å². The fourth-order valence-corrected chi connectivity index (χ4v) is 3.98. The number of amides is 2. The van der Waals surface area contributed by atoms with Gasteiger partial charge in [0.05, 0.1) is 5.92 Å². The van der Waals surface area contributed by atoms with Crippen LogP contribution in [0.2, 0.25) is 0 Å². The molecule has 0 aromatic rings. The first-order valence-corrected chi connectivity index (χ1v) is 7.67. The number of fused-ring (bicyclic) bond motifs is 1. The molecule has 0 spiro atoms. The molecular weight excluding hydrogens is 258 g/mol. The fraction of sp³-hybridized carbons (Fsp3) is 0.857. The first-order chi connectivity index (χ1) is 9.63. The minimum atomic E-state index is -0.743. The average Bonchev–Trinajstić information content (AvgIpc) is 3.07. The van der Waals surface area contributed by atoms with Gasteiger partial charge in [0.2, 0.25) is 0 Å². The van der Waals surface area contributed by atoms with Crippen molar-refractivity contribution in [1.29, 1.82) is 0 Å². The predicted octanol–water partition coefficient (Wildman–Crippen LogP) is 0.776. The lowest BCUT2D eigenvalue weighted by Crippen LogP contribution is -2.49. The smallest absolute Gasteiger partial charge is 0.315 e. The third-order valence-electron chi connectivity index (χ3n) is 5.04. The topological polar surface area (TPSA) is 81.7 Å². The first kappa shape index (κ1) is 13.7. The Labute approximate surface area is 118 Å². The first-order valence-electron chi connectivity index (χ1n) is 7.67. The summed E-state index contributed by atoms with van der Waals surface area (Å²) in [5, 5.41) is 15.0. The van der Waals surface area contributed by atoms with Gasteiger partial charge in [-0.2, -0.15) is 0 Å². The lowest BCUT2D eigenvalue weighted by molar-refractivity contribution is -0.141. The van der Waals surface area contributed by atoms with E-state index in [0.717, 1.165) is 25.9 Å². The van der Waals surface area contributed by atoms with Gasteiger partial charge in [-0.05, 0) is 45.1 Å². The third-order valence-corrected chi connectivity index (χ3v) is 5.04. The van der Waals surface area contributed by atoms with Gasteiger partial charge in [0, 0.05) is 24.7 Å². The summed E-state index contributed by atoms with van der Waals surface area (Å²) in [5.41, 5.74) is 0. The zero-order valence-electron chi connectivity index (χ0n) is 11.7. The molecule has 0 aromatic carbocycles. The van der Waals surface area contributed by atoms with Gasteiger partial charge >= 0.3 is 12.0 Å². The summed E-state index contributed by atoms with van der Waals surface area (Å²) < 4.78 is 0. The van der Waals surface area contributed by atoms with Gasteiger partial charge in [0.25, 0.3) is 0 Å². The predicted molar refractivity (Wildman–Crippen MR) is 73.4 cm³/mol. The van der Waals surface area contributed by atoms with Gasteiger partial charge in [-0.3, -0.25) is 9.69 Å². The second-order valence-corrected chi connectivity index (χ2v) is 6.30. The van der Waals surface area contributed by atoms with Crippen molar-refractivity contribution in [3.8, 4) is 0 Å². The van der Waals surface area contributed by atoms with E-state index in [4.69, 9.17) is 5.11 Å². The van der Waals surface area contributed by atoms with Crippen molar-refractivity contribution in [2.75, 3.05) is 13.1 Å². The van der Waals surface area contributed by atoms with E-state index in [9.17, 15) is 9.59 Å². The second-order valence-electron chi connectivity index (χ2n) is 6.30. The van der Waals surface area contributed by atoms with Crippen LogP contribution in [0, 0.1) is 5.92 Å². The van der Waals surface area contributed by atoms with Crippen LogP contribution in [-0.2, 0) is 4.79 Å². The highest BCUT2D eigenvalue weighted by molar-refractivity contribution is 5.75. The van der Waals surface area contributed by atoms with Crippen LogP contribution in [0.5, 0.6) is 0 Å². The molecule has 6 heteroatoms. The maximum Gasteiger partial charge on any atom is 0.315 e. The van der Waals surface area contributed by atoms with Crippen LogP contribution in [-0.4, -0.2) is 53.2 Å². The van der Waals surface area contributed by atoms with E-state index < -0.39 is 5.97 Å². The molecule has 112 valence electrons. The minimum absolute atomic E-state index is 0.0113. The summed E-state index contributed by atoms with van der Waals surface area (Å²) in [6.45, 7) is 2.24. The Bertz CT molecular complexity index is 401. The van der Waals surface area contributed by atoms with E-state index in [0.29, 0.717) is 18.9 Å². The molecule has 2 heterocycles. The molecule has 2 unspecified atom stereocenters. The van der Waals surface area contributed by atoms with Crippen LogP contribution in [0.15, 0.2) is 0 Å². The van der Waals surface area contributed by atoms with Gasteiger partial charge in [0.15, 0.2) is 0 Å². The molecule has 3 rings (SSSR count). The van der Waals surface area contributed by atoms with E-state index in [1.54, 1.807) is 0 Å². The summed E-state index contributed by atoms with van der Waals surface area (Å²) >= 11 is 0. The zero-order chi connectivity index (χ0) is 14.1. The van der Waals surface area contributed by atoms with Gasteiger partial charge in [-0.15, -0.1) is 0 Å². The minimum Gasteiger partial charge on any atom is -0.481 e. The van der Waals surface area contributed by atoms with E-state index in [2.05, 4.69) is 15.5 Å². The van der Waals surface area contributed by atoms with Crippen molar-refractivity contribution in [3.63, 3.8) is 0 Å². The third kappa shape index (κ3) is 2.75. The van der Waals surface area contributed by atoms with Gasteiger partial charge in [-0.1, -0.05) is 0 Å². The maximum absolute atomic E-state index is 12.0. The number of carbonyl (C=O) groups excluding carboxylic acids is 1. The van der Waals surface area contributed by atoms with Crippen LogP contribution in [0.4, 0.5) is 4.79 Å². The van der Waals surface area contributed by atoms with Crippen LogP contribution in [0.1, 0.15) is 38.5 Å². The summed E-state index contributed by atoms with van der Waals surface area (Å²) in [7, 11) is 0. The van der Waals surface area contributed by atoms with Crippen molar-refractivity contribution in [3.05, 3.63) is 0 Å². The molecule has 2 saturated heterocycles. The number of carboxylic acids is 1. The fourth-order valence-electron chi connectivity index (χ4n) is 3.98. The number of nitrogens with zero attached hydrogens (tertiary/aromatic N) is 1. The molecule has 4 atom stereocenters. The molecule has 2 aliphatic heterocycles. The van der Waals surface area contributed by atoms with Gasteiger partial charge in [-0.25, -0.2) is 4.79 Å². The normalized spacial score (nSPS) is 36.8. The Balaban J connectivity index is 1.45. The number of hydrogen-bond acceptors (Lipinski definition) is 3. The van der Waals surface area contributed by atoms with Crippen molar-refractivity contribution in [1.82, 2.24) is 15.5 Å². The van der Waals surface area contributed by atoms with Crippen LogP contribution < -0.4 is 10.6 Å². The van der Waals surface area contributed by atoms with Crippen LogP contribution in [0.3, 0.4) is 0 Å². The highest BCUT2D eigenvalue weighted by Gasteiger charge is 2.38. The van der Waals surface area contributed by atoms with Gasteiger partial charge in [0.1, 0.15) is 0 Å². The molecule has 3 fully saturated rings. The SMILES string of the molecule is O=C(NC1CCN2CCCC12)N[C@H]1CC[C@@H](C(=O)O)C1. The maximum atomic E-state index is 12.0. The lowest BCUT2D eigenvalue weighted by atomic mass is 10.1. The highest BCUT2D eigenvalue weighted by Crippen LogP contribution is 2.28. The Kier molecular flexibility index (Phi) is 3.83. The monoisotopic (exact) mass is 281 g/mol. The largest absolute Gasteiger partial charge is 0.481 e. The van der Waals surface area contributed by atoms with E-state index >= 15 is 0 Å². The number of rotatable bonds is 3. The lowest BCUT2D eigenvalue weighted by Gasteiger charge is -2.22. The van der Waals surface area contributed by atoms with Crippen molar-refractivity contribution < 1.29 is 14.7 Å². The number of aliphatic carboxylic acids is 1. The molecule has 1 saturated carbocycles. The summed E-state index contributed by atoms with van der Waals surface area (Å²) in [4.78, 5) is 25.4. The number of carboxylic acid groups (broad SMARTS) is 1. The van der Waals surface area contributed by atoms with E-state index in [1.807, 2.05) is 0 Å². The van der Waals surface area contributed by atoms with Crippen molar-refractivity contribution >= 4 is 12.0 Å². The molecule has 0 aromatic heterocycles. The second kappa shape index (κ2) is 5.60. The molecule has 3 N–H and O–H groups in total. The molecule has 20 heavy (non-hydrogen) atoms. The standard InChI is InChI=1S/C14H23N3O3/c18-13(19)9-3-4-10(8-9)15-14(20)16-11-5-7-17-6-1-2-12(11)17/h9-12H,1-8H2,(H,18,19)(H2,15,16,20)/t9-,10+,11?,12?/m1/s1. The van der Waals surface area contributed by atoms with Crippen molar-refractivity contribution in [2.24, 2.45) is 5.92 Å². The number of carbonyl (C=O) groups is 2. The van der Waals surface area contributed by atoms with Crippen LogP contribution in [0.25, 0.3) is 0 Å². The molecule has 0 radical (unpaired) electrons. The Morgan fingerprint density at radius 3 is 2.65 bits per heavy atom. The molecule has 0 bridgehead atoms. The van der Waals surface area contributed by atoms with Crippen LogP contribution >= 0.6 is 0 Å². The molecule has 6 nitrogen and oxygen atoms in total. The Morgan fingerprint density at radius 1 is 1.05 bits per heavy atom. The molecular formula is C14H23N3O3. The van der Waals surface area contributed by atoms with E-state index in [-0.39, 0.29) is 24.0 Å². The van der Waals surface area contributed by atoms with Gasteiger partial charge < -0.3 is 15.7 Å². The Morgan fingerprint density at radius 2 is 1.90 bits per heavy atom. The summed E-state index contributed by atoms with van der Waals surface area (Å²) in [6, 6.07) is 0.655. The summed E-state index contributed by atoms with van der Waals surface area (Å²) in [6.07, 6.45) is 5.43. The van der Waals surface area contributed by atoms with E-state index in [1.165, 1.54) is 12.8 Å². The Hall–Kier alpha value is -1.30. The summed E-state index contributed by atoms with van der Waals surface area (Å²) in [5.74, 6) is -1.04. The molecule has 1 aliphatic carbocycles. The quantitative estimate of drug-likeness (QED) is 0.714. The number of urea groups is 1. The molecule has 3 aliphatic rings. The number of nitrogens with one attached hydrogen (secondary N) is 2. The highest BCUT2D eigenvalue weighted by atomic mass is 16.4. The average molecular weight is 281 g/mol. The zero-order valence-corrected chi connectivity index (χ0v) is 11.7. The molecule has 2 amide bonds.